The molecule has 2 aliphatic rings. The standard InChI is InChI=1S/C28H28N2O4/c1-33-21-13-11-20(12-14-21)30-26(31)16-15-23(27(30)22-8-4-6-10-25(22)34-2)28(32)29-18-17-19-7-3-5-9-24(19)29/h3-14,23,27H,15-18H2,1-2H3/t23-,27+/m1/s1. The van der Waals surface area contributed by atoms with Gasteiger partial charge in [-0.2, -0.15) is 0 Å². The molecule has 3 aromatic rings. The number of piperidine rings is 1. The topological polar surface area (TPSA) is 59.1 Å². The quantitative estimate of drug-likeness (QED) is 0.555. The molecular weight excluding hydrogens is 428 g/mol. The summed E-state index contributed by atoms with van der Waals surface area (Å²) in [5.41, 5.74) is 3.73. The number of hydrogen-bond donors (Lipinski definition) is 0. The van der Waals surface area contributed by atoms with Crippen molar-refractivity contribution in [2.45, 2.75) is 25.3 Å². The lowest BCUT2D eigenvalue weighted by Gasteiger charge is -2.42. The Kier molecular flexibility index (Phi) is 5.97. The molecule has 2 heterocycles. The molecule has 0 aliphatic carbocycles. The monoisotopic (exact) mass is 456 g/mol. The predicted octanol–water partition coefficient (Wildman–Crippen LogP) is 4.78. The second-order valence-electron chi connectivity index (χ2n) is 8.66. The Hall–Kier alpha value is -3.80. The number of anilines is 2. The van der Waals surface area contributed by atoms with Crippen LogP contribution in [0.2, 0.25) is 0 Å². The number of rotatable bonds is 5. The van der Waals surface area contributed by atoms with Gasteiger partial charge in [-0.05, 0) is 54.8 Å². The van der Waals surface area contributed by atoms with Crippen LogP contribution in [0.25, 0.3) is 0 Å². The van der Waals surface area contributed by atoms with Gasteiger partial charge in [-0.15, -0.1) is 0 Å². The highest BCUT2D eigenvalue weighted by molar-refractivity contribution is 6.02. The number of para-hydroxylation sites is 2. The Morgan fingerprint density at radius 1 is 0.882 bits per heavy atom. The number of benzene rings is 3. The van der Waals surface area contributed by atoms with E-state index in [0.717, 1.165) is 23.4 Å². The van der Waals surface area contributed by atoms with Crippen LogP contribution in [0, 0.1) is 5.92 Å². The van der Waals surface area contributed by atoms with E-state index in [4.69, 9.17) is 9.47 Å². The van der Waals surface area contributed by atoms with Gasteiger partial charge in [0.25, 0.3) is 0 Å². The maximum Gasteiger partial charge on any atom is 0.232 e. The molecule has 34 heavy (non-hydrogen) atoms. The Morgan fingerprint density at radius 2 is 1.62 bits per heavy atom. The summed E-state index contributed by atoms with van der Waals surface area (Å²) in [7, 11) is 3.23. The van der Waals surface area contributed by atoms with Gasteiger partial charge in [-0.25, -0.2) is 0 Å². The van der Waals surface area contributed by atoms with E-state index in [1.165, 1.54) is 5.56 Å². The summed E-state index contributed by atoms with van der Waals surface area (Å²) in [5, 5.41) is 0. The fourth-order valence-electron chi connectivity index (χ4n) is 5.23. The summed E-state index contributed by atoms with van der Waals surface area (Å²) in [4.78, 5) is 31.1. The van der Waals surface area contributed by atoms with Gasteiger partial charge in [0.15, 0.2) is 0 Å². The maximum atomic E-state index is 14.1. The second-order valence-corrected chi connectivity index (χ2v) is 8.66. The van der Waals surface area contributed by atoms with Crippen molar-refractivity contribution >= 4 is 23.2 Å². The molecule has 2 atom stereocenters. The molecule has 6 nitrogen and oxygen atoms in total. The van der Waals surface area contributed by atoms with Crippen LogP contribution in [0.4, 0.5) is 11.4 Å². The summed E-state index contributed by atoms with van der Waals surface area (Å²) in [6.07, 6.45) is 1.64. The summed E-state index contributed by atoms with van der Waals surface area (Å²) in [6, 6.07) is 22.7. The third-order valence-corrected chi connectivity index (χ3v) is 6.88. The first-order chi connectivity index (χ1) is 16.6. The van der Waals surface area contributed by atoms with Gasteiger partial charge in [0.05, 0.1) is 26.2 Å². The van der Waals surface area contributed by atoms with E-state index in [-0.39, 0.29) is 11.8 Å². The minimum Gasteiger partial charge on any atom is -0.497 e. The SMILES string of the molecule is COc1ccc(N2C(=O)CC[C@@H](C(=O)N3CCc4ccccc43)[C@@H]2c2ccccc2OC)cc1. The zero-order valence-corrected chi connectivity index (χ0v) is 19.4. The Labute approximate surface area is 199 Å². The highest BCUT2D eigenvalue weighted by atomic mass is 16.5. The van der Waals surface area contributed by atoms with E-state index >= 15 is 0 Å². The molecule has 0 bridgehead atoms. The first kappa shape index (κ1) is 22.0. The second kappa shape index (κ2) is 9.21. The third kappa shape index (κ3) is 3.79. The smallest absolute Gasteiger partial charge is 0.232 e. The Bertz CT molecular complexity index is 1210. The van der Waals surface area contributed by atoms with Crippen LogP contribution in [-0.2, 0) is 16.0 Å². The van der Waals surface area contributed by atoms with Gasteiger partial charge in [-0.3, -0.25) is 9.59 Å². The van der Waals surface area contributed by atoms with Crippen molar-refractivity contribution in [3.63, 3.8) is 0 Å². The lowest BCUT2D eigenvalue weighted by atomic mass is 9.82. The molecule has 6 heteroatoms. The van der Waals surface area contributed by atoms with Crippen molar-refractivity contribution in [2.24, 2.45) is 5.92 Å². The summed E-state index contributed by atoms with van der Waals surface area (Å²) < 4.78 is 11.0. The molecule has 0 saturated carbocycles. The molecule has 174 valence electrons. The van der Waals surface area contributed by atoms with Crippen molar-refractivity contribution in [1.82, 2.24) is 0 Å². The van der Waals surface area contributed by atoms with E-state index in [1.54, 1.807) is 19.1 Å². The van der Waals surface area contributed by atoms with E-state index < -0.39 is 12.0 Å². The van der Waals surface area contributed by atoms with Gasteiger partial charge in [-0.1, -0.05) is 36.4 Å². The van der Waals surface area contributed by atoms with E-state index in [1.807, 2.05) is 71.6 Å². The number of methoxy groups -OCH3 is 2. The molecule has 0 aromatic heterocycles. The lowest BCUT2D eigenvalue weighted by molar-refractivity contribution is -0.127. The maximum absolute atomic E-state index is 14.1. The number of ether oxygens (including phenoxy) is 2. The van der Waals surface area contributed by atoms with Gasteiger partial charge in [0, 0.05) is 29.9 Å². The molecule has 0 radical (unpaired) electrons. The number of hydrogen-bond acceptors (Lipinski definition) is 4. The van der Waals surface area contributed by atoms with Gasteiger partial charge < -0.3 is 19.3 Å². The van der Waals surface area contributed by atoms with Crippen LogP contribution in [0.15, 0.2) is 72.8 Å². The number of amides is 2. The van der Waals surface area contributed by atoms with Crippen molar-refractivity contribution in [3.8, 4) is 11.5 Å². The lowest BCUT2D eigenvalue weighted by Crippen LogP contribution is -2.49. The zero-order chi connectivity index (χ0) is 23.7. The summed E-state index contributed by atoms with van der Waals surface area (Å²) >= 11 is 0. The van der Waals surface area contributed by atoms with Gasteiger partial charge in [0.1, 0.15) is 11.5 Å². The van der Waals surface area contributed by atoms with Crippen LogP contribution in [0.3, 0.4) is 0 Å². The average molecular weight is 457 g/mol. The minimum absolute atomic E-state index is 0.00746. The first-order valence-electron chi connectivity index (χ1n) is 11.6. The first-order valence-corrected chi connectivity index (χ1v) is 11.6. The van der Waals surface area contributed by atoms with Crippen LogP contribution in [0.5, 0.6) is 11.5 Å². The highest BCUT2D eigenvalue weighted by Gasteiger charge is 2.45. The molecule has 2 amide bonds. The molecule has 1 saturated heterocycles. The molecule has 2 aliphatic heterocycles. The third-order valence-electron chi connectivity index (χ3n) is 6.88. The van der Waals surface area contributed by atoms with Crippen LogP contribution in [-0.4, -0.2) is 32.6 Å². The number of nitrogens with zero attached hydrogens (tertiary/aromatic N) is 2. The van der Waals surface area contributed by atoms with Crippen molar-refractivity contribution in [1.29, 1.82) is 0 Å². The Balaban J connectivity index is 1.60. The van der Waals surface area contributed by atoms with Crippen LogP contribution >= 0.6 is 0 Å². The average Bonchev–Trinajstić information content (AvgIpc) is 3.32. The van der Waals surface area contributed by atoms with Crippen LogP contribution < -0.4 is 19.3 Å². The highest BCUT2D eigenvalue weighted by Crippen LogP contribution is 2.45. The number of carbonyl (C=O) groups is 2. The molecule has 5 rings (SSSR count). The fraction of sp³-hybridized carbons (Fsp3) is 0.286. The largest absolute Gasteiger partial charge is 0.497 e. The van der Waals surface area contributed by atoms with E-state index in [0.29, 0.717) is 30.9 Å². The van der Waals surface area contributed by atoms with Crippen molar-refractivity contribution in [2.75, 3.05) is 30.6 Å². The molecule has 1 fully saturated rings. The zero-order valence-electron chi connectivity index (χ0n) is 19.4. The molecule has 0 spiro atoms. The van der Waals surface area contributed by atoms with Crippen molar-refractivity contribution < 1.29 is 19.1 Å². The normalized spacial score (nSPS) is 19.6. The van der Waals surface area contributed by atoms with Crippen LogP contribution in [0.1, 0.15) is 30.0 Å². The minimum atomic E-state index is -0.481. The Morgan fingerprint density at radius 3 is 2.38 bits per heavy atom. The van der Waals surface area contributed by atoms with E-state index in [2.05, 4.69) is 6.07 Å². The summed E-state index contributed by atoms with van der Waals surface area (Å²) in [5.74, 6) is 1.02. The molecule has 0 unspecified atom stereocenters. The number of fused-ring (bicyclic) bond motifs is 1. The van der Waals surface area contributed by atoms with Gasteiger partial charge >= 0.3 is 0 Å². The van der Waals surface area contributed by atoms with Crippen molar-refractivity contribution in [3.05, 3.63) is 83.9 Å². The predicted molar refractivity (Wildman–Crippen MR) is 131 cm³/mol. The van der Waals surface area contributed by atoms with Gasteiger partial charge in [0.2, 0.25) is 11.8 Å². The fourth-order valence-corrected chi connectivity index (χ4v) is 5.23. The summed E-state index contributed by atoms with van der Waals surface area (Å²) in [6.45, 7) is 0.657. The molecular formula is C28H28N2O4. The molecule has 3 aromatic carbocycles. The molecule has 0 N–H and O–H groups in total. The number of carbonyl (C=O) groups excluding carboxylic acids is 2. The van der Waals surface area contributed by atoms with E-state index in [9.17, 15) is 9.59 Å².